The number of ether oxygens (including phenoxy) is 1. The minimum atomic E-state index is -0.900. The average Bonchev–Trinajstić information content (AvgIpc) is 2.75. The molecule has 0 saturated heterocycles. The number of non-ortho nitro benzene ring substituents is 1. The van der Waals surface area contributed by atoms with Crippen LogP contribution >= 0.6 is 0 Å². The van der Waals surface area contributed by atoms with Crippen LogP contribution in [-0.4, -0.2) is 35.0 Å². The molecule has 1 aliphatic rings. The number of amides is 2. The molecule has 0 fully saturated rings. The molecule has 3 rings (SSSR count). The second-order valence-corrected chi connectivity index (χ2v) is 7.09. The van der Waals surface area contributed by atoms with Crippen LogP contribution in [0.3, 0.4) is 0 Å². The summed E-state index contributed by atoms with van der Waals surface area (Å²) in [7, 11) is 0. The first kappa shape index (κ1) is 22.5. The van der Waals surface area contributed by atoms with Crippen molar-refractivity contribution >= 4 is 40.6 Å². The second-order valence-electron chi connectivity index (χ2n) is 7.09. The van der Waals surface area contributed by atoms with Gasteiger partial charge in [-0.05, 0) is 37.1 Å². The topological polar surface area (TPSA) is 131 Å². The van der Waals surface area contributed by atoms with E-state index in [1.807, 2.05) is 26.0 Å². The van der Waals surface area contributed by atoms with E-state index in [4.69, 9.17) is 4.74 Å². The van der Waals surface area contributed by atoms with E-state index in [-0.39, 0.29) is 24.5 Å². The summed E-state index contributed by atoms with van der Waals surface area (Å²) in [5.74, 6) is -2.96. The number of carbonyl (C=O) groups is 3. The summed E-state index contributed by atoms with van der Waals surface area (Å²) in [6.45, 7) is 2.90. The highest BCUT2D eigenvalue weighted by molar-refractivity contribution is 6.38. The highest BCUT2D eigenvalue weighted by atomic mass is 19.1. The van der Waals surface area contributed by atoms with Crippen LogP contribution in [0.5, 0.6) is 0 Å². The van der Waals surface area contributed by atoms with E-state index in [1.165, 1.54) is 0 Å². The van der Waals surface area contributed by atoms with E-state index in [2.05, 4.69) is 10.4 Å². The number of esters is 1. The number of rotatable bonds is 6. The maximum atomic E-state index is 13.8. The molecule has 11 heteroatoms. The molecule has 2 aromatic rings. The Kier molecular flexibility index (Phi) is 6.57. The Hall–Kier alpha value is -4.15. The van der Waals surface area contributed by atoms with Gasteiger partial charge in [-0.1, -0.05) is 12.1 Å². The van der Waals surface area contributed by atoms with Gasteiger partial charge in [-0.15, -0.1) is 0 Å². The molecular formula is C21H19FN4O6. The number of carbonyl (C=O) groups excluding carboxylic acids is 3. The van der Waals surface area contributed by atoms with Crippen molar-refractivity contribution in [3.63, 3.8) is 0 Å². The predicted molar refractivity (Wildman–Crippen MR) is 113 cm³/mol. The van der Waals surface area contributed by atoms with E-state index in [9.17, 15) is 28.9 Å². The predicted octanol–water partition coefficient (Wildman–Crippen LogP) is 3.02. The minimum absolute atomic E-state index is 0.0341. The van der Waals surface area contributed by atoms with Gasteiger partial charge in [-0.25, -0.2) is 9.18 Å². The van der Waals surface area contributed by atoms with Gasteiger partial charge in [0.25, 0.3) is 11.6 Å². The van der Waals surface area contributed by atoms with Gasteiger partial charge in [0, 0.05) is 25.0 Å². The molecule has 1 heterocycles. The van der Waals surface area contributed by atoms with Crippen molar-refractivity contribution in [2.45, 2.75) is 26.7 Å². The summed E-state index contributed by atoms with van der Waals surface area (Å²) in [6, 6.07) is 8.14. The van der Waals surface area contributed by atoms with Crippen molar-refractivity contribution in [2.24, 2.45) is 5.10 Å². The third-order valence-corrected chi connectivity index (χ3v) is 4.63. The fraction of sp³-hybridized carbons (Fsp3) is 0.238. The van der Waals surface area contributed by atoms with Crippen LogP contribution in [0.2, 0.25) is 0 Å². The minimum Gasteiger partial charge on any atom is -0.451 e. The highest BCUT2D eigenvalue weighted by Gasteiger charge is 2.28. The lowest BCUT2D eigenvalue weighted by Crippen LogP contribution is -2.36. The lowest BCUT2D eigenvalue weighted by molar-refractivity contribution is -0.384. The van der Waals surface area contributed by atoms with Crippen molar-refractivity contribution in [2.75, 3.05) is 16.9 Å². The zero-order valence-electron chi connectivity index (χ0n) is 17.3. The normalized spacial score (nSPS) is 13.4. The Morgan fingerprint density at radius 2 is 1.97 bits per heavy atom. The summed E-state index contributed by atoms with van der Waals surface area (Å²) in [6.07, 6.45) is 0.0760. The van der Waals surface area contributed by atoms with Crippen molar-refractivity contribution in [3.05, 3.63) is 63.5 Å². The molecule has 32 heavy (non-hydrogen) atoms. The third-order valence-electron chi connectivity index (χ3n) is 4.63. The molecule has 0 spiro atoms. The van der Waals surface area contributed by atoms with Crippen molar-refractivity contribution in [3.8, 4) is 0 Å². The Morgan fingerprint density at radius 1 is 1.22 bits per heavy atom. The van der Waals surface area contributed by atoms with Crippen LogP contribution in [0.25, 0.3) is 0 Å². The smallest absolute Gasteiger partial charge is 0.355 e. The van der Waals surface area contributed by atoms with E-state index in [1.54, 1.807) is 6.07 Å². The number of halogens is 1. The fourth-order valence-electron chi connectivity index (χ4n) is 2.96. The first-order valence-corrected chi connectivity index (χ1v) is 9.54. The molecule has 10 nitrogen and oxygen atoms in total. The maximum absolute atomic E-state index is 13.8. The molecular weight excluding hydrogens is 423 g/mol. The monoisotopic (exact) mass is 442 g/mol. The van der Waals surface area contributed by atoms with Crippen LogP contribution < -0.4 is 10.3 Å². The largest absolute Gasteiger partial charge is 0.451 e. The van der Waals surface area contributed by atoms with Crippen LogP contribution in [0.1, 0.15) is 24.0 Å². The number of nitro benzene ring substituents is 1. The molecule has 0 unspecified atom stereocenters. The second kappa shape index (κ2) is 9.33. The van der Waals surface area contributed by atoms with Gasteiger partial charge >= 0.3 is 5.97 Å². The van der Waals surface area contributed by atoms with Crippen LogP contribution in [0.15, 0.2) is 41.5 Å². The van der Waals surface area contributed by atoms with Crippen LogP contribution in [0.4, 0.5) is 21.5 Å². The summed E-state index contributed by atoms with van der Waals surface area (Å²) in [5.41, 5.74) is 1.38. The quantitative estimate of drug-likeness (QED) is 0.416. The molecule has 0 radical (unpaired) electrons. The number of nitrogens with zero attached hydrogens (tertiary/aromatic N) is 3. The number of benzene rings is 2. The summed E-state index contributed by atoms with van der Waals surface area (Å²) >= 11 is 0. The van der Waals surface area contributed by atoms with Gasteiger partial charge in [0.15, 0.2) is 6.61 Å². The first-order valence-electron chi connectivity index (χ1n) is 9.54. The Bertz CT molecular complexity index is 1150. The molecule has 2 aromatic carbocycles. The average molecular weight is 442 g/mol. The van der Waals surface area contributed by atoms with Crippen molar-refractivity contribution in [1.29, 1.82) is 0 Å². The number of nitrogens with one attached hydrogen (secondary N) is 1. The van der Waals surface area contributed by atoms with Gasteiger partial charge < -0.3 is 10.1 Å². The van der Waals surface area contributed by atoms with E-state index in [0.29, 0.717) is 5.69 Å². The zero-order valence-corrected chi connectivity index (χ0v) is 17.3. The Morgan fingerprint density at radius 3 is 2.69 bits per heavy atom. The number of anilines is 2. The number of aryl methyl sites for hydroxylation is 2. The van der Waals surface area contributed by atoms with E-state index >= 15 is 0 Å². The van der Waals surface area contributed by atoms with Crippen LogP contribution in [-0.2, 0) is 19.1 Å². The molecule has 2 amide bonds. The Labute approximate surface area is 181 Å². The van der Waals surface area contributed by atoms with Gasteiger partial charge in [-0.2, -0.15) is 10.1 Å². The maximum Gasteiger partial charge on any atom is 0.355 e. The summed E-state index contributed by atoms with van der Waals surface area (Å²) in [4.78, 5) is 46.8. The lowest BCUT2D eigenvalue weighted by Gasteiger charge is -2.24. The molecule has 1 aliphatic heterocycles. The van der Waals surface area contributed by atoms with Crippen molar-refractivity contribution < 1.29 is 28.4 Å². The molecule has 1 N–H and O–H groups in total. The molecule has 0 atom stereocenters. The molecule has 0 saturated carbocycles. The molecule has 0 bridgehead atoms. The molecule has 0 aromatic heterocycles. The van der Waals surface area contributed by atoms with Gasteiger partial charge in [0.05, 0.1) is 16.3 Å². The van der Waals surface area contributed by atoms with Gasteiger partial charge in [0.1, 0.15) is 11.5 Å². The number of nitro groups is 1. The standard InChI is InChI=1S/C21H19FN4O6/c1-12-3-4-13(2)18(9-12)25-20(28)8-7-16(24-25)21(29)32-11-19(27)23-17-10-14(26(30)31)5-6-15(17)22/h3-6,9-10H,7-8,11H2,1-2H3,(H,23,27). The molecule has 0 aliphatic carbocycles. The summed E-state index contributed by atoms with van der Waals surface area (Å²) in [5, 5.41) is 18.2. The number of hydrazone groups is 1. The lowest BCUT2D eigenvalue weighted by atomic mass is 10.1. The Balaban J connectivity index is 1.67. The van der Waals surface area contributed by atoms with E-state index < -0.39 is 40.6 Å². The number of hydrogen-bond acceptors (Lipinski definition) is 7. The van der Waals surface area contributed by atoms with Crippen molar-refractivity contribution in [1.82, 2.24) is 0 Å². The van der Waals surface area contributed by atoms with Gasteiger partial charge in [0.2, 0.25) is 5.91 Å². The summed E-state index contributed by atoms with van der Waals surface area (Å²) < 4.78 is 18.7. The van der Waals surface area contributed by atoms with Crippen LogP contribution in [0, 0.1) is 29.8 Å². The third kappa shape index (κ3) is 5.12. The zero-order chi connectivity index (χ0) is 23.4. The van der Waals surface area contributed by atoms with Gasteiger partial charge in [-0.3, -0.25) is 19.7 Å². The number of hydrogen-bond donors (Lipinski definition) is 1. The molecule has 166 valence electrons. The first-order chi connectivity index (χ1) is 15.2. The van der Waals surface area contributed by atoms with E-state index in [0.717, 1.165) is 34.3 Å². The highest BCUT2D eigenvalue weighted by Crippen LogP contribution is 2.26. The fourth-order valence-corrected chi connectivity index (χ4v) is 2.96. The SMILES string of the molecule is Cc1ccc(C)c(N2N=C(C(=O)OCC(=O)Nc3cc([N+](=O)[O-])ccc3F)CCC2=O)c1.